The molecule has 0 amide bonds. The van der Waals surface area contributed by atoms with E-state index >= 15 is 0 Å². The number of rotatable bonds is 4. The van der Waals surface area contributed by atoms with Crippen LogP contribution in [0.25, 0.3) is 11.3 Å². The molecule has 1 aromatic heterocycles. The van der Waals surface area contributed by atoms with Crippen LogP contribution in [-0.2, 0) is 23.1 Å². The van der Waals surface area contributed by atoms with Gasteiger partial charge in [-0.3, -0.25) is 4.79 Å². The molecule has 142 valence electrons. The molecular formula is C22H25NO4. The van der Waals surface area contributed by atoms with Gasteiger partial charge in [0.2, 0.25) is 0 Å². The minimum atomic E-state index is -0.544. The number of aryl methyl sites for hydroxylation is 1. The van der Waals surface area contributed by atoms with Crippen molar-refractivity contribution < 1.29 is 14.3 Å². The number of methoxy groups -OCH3 is 1. The summed E-state index contributed by atoms with van der Waals surface area (Å²) < 4.78 is 12.8. The van der Waals surface area contributed by atoms with E-state index in [9.17, 15) is 9.59 Å². The van der Waals surface area contributed by atoms with Gasteiger partial charge < -0.3 is 14.0 Å². The van der Waals surface area contributed by atoms with Crippen LogP contribution in [0, 0.1) is 0 Å². The topological polar surface area (TPSA) is 57.5 Å². The normalized spacial score (nSPS) is 16.3. The fourth-order valence-electron chi connectivity index (χ4n) is 4.46. The smallest absolute Gasteiger partial charge is 0.343 e. The standard InChI is InChI=1S/C22H25NO4/c1-4-14-9-15-12-22(7-6-8-22)23-13-17(21(25)27-5-2)19(24)11-18(23)16(15)10-20(14)26-3/h9-11,13H,4-8,12H2,1-3H3. The number of hydrogen-bond donors (Lipinski definition) is 0. The predicted molar refractivity (Wildman–Crippen MR) is 104 cm³/mol. The zero-order valence-electron chi connectivity index (χ0n) is 16.1. The first-order valence-electron chi connectivity index (χ1n) is 9.67. The van der Waals surface area contributed by atoms with E-state index < -0.39 is 5.97 Å². The summed E-state index contributed by atoms with van der Waals surface area (Å²) in [7, 11) is 1.67. The van der Waals surface area contributed by atoms with Gasteiger partial charge in [0.15, 0.2) is 5.43 Å². The Bertz CT molecular complexity index is 969. The molecule has 0 unspecified atom stereocenters. The summed E-state index contributed by atoms with van der Waals surface area (Å²) in [4.78, 5) is 24.9. The first kappa shape index (κ1) is 17.8. The van der Waals surface area contributed by atoms with E-state index in [0.29, 0.717) is 0 Å². The van der Waals surface area contributed by atoms with Crippen LogP contribution >= 0.6 is 0 Å². The van der Waals surface area contributed by atoms with Crippen LogP contribution < -0.4 is 10.2 Å². The molecule has 1 aliphatic heterocycles. The van der Waals surface area contributed by atoms with E-state index in [1.165, 1.54) is 11.1 Å². The predicted octanol–water partition coefficient (Wildman–Crippen LogP) is 3.70. The average molecular weight is 367 g/mol. The lowest BCUT2D eigenvalue weighted by atomic mass is 9.69. The summed E-state index contributed by atoms with van der Waals surface area (Å²) in [6, 6.07) is 5.85. The van der Waals surface area contributed by atoms with E-state index in [2.05, 4.69) is 17.6 Å². The van der Waals surface area contributed by atoms with Gasteiger partial charge in [-0.25, -0.2) is 4.79 Å². The number of aromatic nitrogens is 1. The second kappa shape index (κ2) is 6.55. The molecule has 0 atom stereocenters. The maximum atomic E-state index is 12.7. The summed E-state index contributed by atoms with van der Waals surface area (Å²) in [5, 5.41) is 0. The van der Waals surface area contributed by atoms with Gasteiger partial charge in [-0.15, -0.1) is 0 Å². The lowest BCUT2D eigenvalue weighted by molar-refractivity contribution is 0.0521. The third-order valence-electron chi connectivity index (χ3n) is 6.02. The number of ether oxygens (including phenoxy) is 2. The van der Waals surface area contributed by atoms with Gasteiger partial charge in [0.1, 0.15) is 11.3 Å². The molecule has 4 rings (SSSR count). The summed E-state index contributed by atoms with van der Waals surface area (Å²) in [5.41, 5.74) is 4.12. The van der Waals surface area contributed by atoms with Crippen molar-refractivity contribution in [3.05, 3.63) is 51.3 Å². The molecule has 1 spiro atoms. The van der Waals surface area contributed by atoms with E-state index in [1.54, 1.807) is 26.3 Å². The Balaban J connectivity index is 1.94. The quantitative estimate of drug-likeness (QED) is 0.773. The van der Waals surface area contributed by atoms with Crippen LogP contribution in [0.1, 0.15) is 54.6 Å². The van der Waals surface area contributed by atoms with Crippen LogP contribution in [-0.4, -0.2) is 24.3 Å². The first-order valence-corrected chi connectivity index (χ1v) is 9.67. The molecule has 1 saturated carbocycles. The molecule has 0 radical (unpaired) electrons. The van der Waals surface area contributed by atoms with Gasteiger partial charge in [0.25, 0.3) is 0 Å². The van der Waals surface area contributed by atoms with Crippen LogP contribution in [0.5, 0.6) is 5.75 Å². The van der Waals surface area contributed by atoms with Crippen molar-refractivity contribution in [2.24, 2.45) is 0 Å². The van der Waals surface area contributed by atoms with Crippen molar-refractivity contribution in [2.45, 2.75) is 51.5 Å². The SMILES string of the molecule is CCOC(=O)c1cn2c(cc1=O)-c1cc(OC)c(CC)cc1CC21CCC1. The molecule has 2 aromatic rings. The highest BCUT2D eigenvalue weighted by Crippen LogP contribution is 2.49. The number of benzene rings is 1. The van der Waals surface area contributed by atoms with Crippen LogP contribution in [0.4, 0.5) is 0 Å². The Hall–Kier alpha value is -2.56. The van der Waals surface area contributed by atoms with Gasteiger partial charge >= 0.3 is 5.97 Å². The molecule has 2 aliphatic rings. The highest BCUT2D eigenvalue weighted by molar-refractivity contribution is 5.89. The highest BCUT2D eigenvalue weighted by atomic mass is 16.5. The van der Waals surface area contributed by atoms with Crippen molar-refractivity contribution >= 4 is 5.97 Å². The molecule has 1 fully saturated rings. The van der Waals surface area contributed by atoms with Crippen molar-refractivity contribution in [3.63, 3.8) is 0 Å². The fraction of sp³-hybridized carbons (Fsp3) is 0.455. The zero-order chi connectivity index (χ0) is 19.2. The van der Waals surface area contributed by atoms with Crippen molar-refractivity contribution in [2.75, 3.05) is 13.7 Å². The summed E-state index contributed by atoms with van der Waals surface area (Å²) >= 11 is 0. The second-order valence-corrected chi connectivity index (χ2v) is 7.46. The van der Waals surface area contributed by atoms with E-state index in [1.807, 2.05) is 6.07 Å². The number of esters is 1. The van der Waals surface area contributed by atoms with Gasteiger partial charge in [-0.1, -0.05) is 13.0 Å². The largest absolute Gasteiger partial charge is 0.496 e. The van der Waals surface area contributed by atoms with Crippen LogP contribution in [0.15, 0.2) is 29.2 Å². The Morgan fingerprint density at radius 3 is 2.59 bits per heavy atom. The number of pyridine rings is 1. The number of hydrogen-bond acceptors (Lipinski definition) is 4. The molecule has 1 aromatic carbocycles. The highest BCUT2D eigenvalue weighted by Gasteiger charge is 2.43. The van der Waals surface area contributed by atoms with Gasteiger partial charge in [0.05, 0.1) is 19.4 Å². The Morgan fingerprint density at radius 2 is 2.00 bits per heavy atom. The number of nitrogens with zero attached hydrogens (tertiary/aromatic N) is 1. The molecule has 5 heteroatoms. The molecule has 0 saturated heterocycles. The van der Waals surface area contributed by atoms with E-state index in [0.717, 1.165) is 49.1 Å². The number of fused-ring (bicyclic) bond motifs is 4. The maximum Gasteiger partial charge on any atom is 0.343 e. The minimum absolute atomic E-state index is 0.0448. The fourth-order valence-corrected chi connectivity index (χ4v) is 4.46. The zero-order valence-corrected chi connectivity index (χ0v) is 16.1. The van der Waals surface area contributed by atoms with E-state index in [-0.39, 0.29) is 23.1 Å². The minimum Gasteiger partial charge on any atom is -0.496 e. The molecule has 0 bridgehead atoms. The van der Waals surface area contributed by atoms with E-state index in [4.69, 9.17) is 9.47 Å². The molecular weight excluding hydrogens is 342 g/mol. The molecule has 1 aliphatic carbocycles. The molecule has 2 heterocycles. The average Bonchev–Trinajstić information content (AvgIpc) is 2.64. The Kier molecular flexibility index (Phi) is 4.33. The third-order valence-corrected chi connectivity index (χ3v) is 6.02. The summed E-state index contributed by atoms with van der Waals surface area (Å²) in [5.74, 6) is 0.297. The Morgan fingerprint density at radius 1 is 1.22 bits per heavy atom. The molecule has 5 nitrogen and oxygen atoms in total. The molecule has 0 N–H and O–H groups in total. The van der Waals surface area contributed by atoms with Crippen LogP contribution in [0.3, 0.4) is 0 Å². The first-order chi connectivity index (χ1) is 13.0. The number of carbonyl (C=O) groups excluding carboxylic acids is 1. The van der Waals surface area contributed by atoms with Gasteiger partial charge in [-0.05, 0) is 56.2 Å². The second-order valence-electron chi connectivity index (χ2n) is 7.46. The van der Waals surface area contributed by atoms with Crippen molar-refractivity contribution in [1.82, 2.24) is 4.57 Å². The Labute approximate surface area is 158 Å². The summed E-state index contributed by atoms with van der Waals surface area (Å²) in [6.45, 7) is 4.12. The van der Waals surface area contributed by atoms with Crippen LogP contribution in [0.2, 0.25) is 0 Å². The lowest BCUT2D eigenvalue weighted by Gasteiger charge is -2.49. The van der Waals surface area contributed by atoms with Gasteiger partial charge in [-0.2, -0.15) is 0 Å². The maximum absolute atomic E-state index is 12.7. The van der Waals surface area contributed by atoms with Crippen molar-refractivity contribution in [3.8, 4) is 17.0 Å². The lowest BCUT2D eigenvalue weighted by Crippen LogP contribution is -2.46. The molecule has 27 heavy (non-hydrogen) atoms. The van der Waals surface area contributed by atoms with Crippen molar-refractivity contribution in [1.29, 1.82) is 0 Å². The monoisotopic (exact) mass is 367 g/mol. The van der Waals surface area contributed by atoms with Gasteiger partial charge in [0, 0.05) is 23.4 Å². The summed E-state index contributed by atoms with van der Waals surface area (Å²) in [6.07, 6.45) is 6.80. The third kappa shape index (κ3) is 2.68. The number of carbonyl (C=O) groups is 1.